The molecule has 0 saturated heterocycles. The normalized spacial score (nSPS) is 12.7. The molecule has 1 heteroatoms. The van der Waals surface area contributed by atoms with E-state index in [9.17, 15) is 5.11 Å². The van der Waals surface area contributed by atoms with Gasteiger partial charge in [0.05, 0.1) is 6.10 Å². The van der Waals surface area contributed by atoms with E-state index in [0.29, 0.717) is 0 Å². The summed E-state index contributed by atoms with van der Waals surface area (Å²) in [5, 5.41) is 9.88. The molecule has 1 N–H and O–H groups in total. The maximum atomic E-state index is 9.88. The smallest absolute Gasteiger partial charge is 0.0602 e. The fraction of sp³-hybridized carbons (Fsp3) is 0.0833. The lowest BCUT2D eigenvalue weighted by Gasteiger charge is -2.13. The van der Waals surface area contributed by atoms with Gasteiger partial charge in [0.1, 0.15) is 0 Å². The van der Waals surface area contributed by atoms with Crippen LogP contribution in [-0.4, -0.2) is 5.11 Å². The Bertz CT molecular complexity index is 348. The highest BCUT2D eigenvalue weighted by Crippen LogP contribution is 2.21. The topological polar surface area (TPSA) is 20.2 Å². The van der Waals surface area contributed by atoms with E-state index in [1.165, 1.54) is 0 Å². The van der Waals surface area contributed by atoms with Crippen molar-refractivity contribution in [2.75, 3.05) is 0 Å². The molecular formula is C12H11O-. The monoisotopic (exact) mass is 171 g/mol. The van der Waals surface area contributed by atoms with Crippen LogP contribution >= 0.6 is 0 Å². The lowest BCUT2D eigenvalue weighted by Crippen LogP contribution is -1.96. The number of aliphatic hydroxyl groups is 1. The molecule has 0 heterocycles. The molecule has 0 radical (unpaired) electrons. The molecule has 0 aromatic heterocycles. The van der Waals surface area contributed by atoms with Crippen molar-refractivity contribution in [1.82, 2.24) is 0 Å². The first kappa shape index (κ1) is 8.14. The summed E-state index contributed by atoms with van der Waals surface area (Å²) in [6, 6.07) is 17.4. The summed E-state index contributed by atoms with van der Waals surface area (Å²) in [5.74, 6) is 0. The zero-order chi connectivity index (χ0) is 9.10. The van der Waals surface area contributed by atoms with Crippen LogP contribution in [0, 0.1) is 0 Å². The molecule has 0 spiro atoms. The molecule has 0 aliphatic rings. The van der Waals surface area contributed by atoms with Crippen molar-refractivity contribution in [3.8, 4) is 0 Å². The zero-order valence-corrected chi connectivity index (χ0v) is 7.22. The van der Waals surface area contributed by atoms with Gasteiger partial charge < -0.3 is 5.11 Å². The van der Waals surface area contributed by atoms with E-state index in [0.717, 1.165) is 11.1 Å². The van der Waals surface area contributed by atoms with E-state index < -0.39 is 6.10 Å². The second kappa shape index (κ2) is 3.50. The average Bonchev–Trinajstić information content (AvgIpc) is 2.71. The van der Waals surface area contributed by atoms with Crippen LogP contribution < -0.4 is 0 Å². The first-order valence-corrected chi connectivity index (χ1v) is 4.32. The molecule has 2 aromatic carbocycles. The predicted octanol–water partition coefficient (Wildman–Crippen LogP) is 2.49. The van der Waals surface area contributed by atoms with Crippen LogP contribution in [0.25, 0.3) is 0 Å². The molecule has 0 bridgehead atoms. The highest BCUT2D eigenvalue weighted by molar-refractivity contribution is 5.29. The molecule has 0 unspecified atom stereocenters. The van der Waals surface area contributed by atoms with Gasteiger partial charge in [0.15, 0.2) is 0 Å². The van der Waals surface area contributed by atoms with Gasteiger partial charge >= 0.3 is 0 Å². The Morgan fingerprint density at radius 2 is 1.54 bits per heavy atom. The molecule has 0 fully saturated rings. The molecule has 1 nitrogen and oxygen atoms in total. The third-order valence-electron chi connectivity index (χ3n) is 2.12. The van der Waals surface area contributed by atoms with E-state index >= 15 is 0 Å². The summed E-state index contributed by atoms with van der Waals surface area (Å²) >= 11 is 0. The molecule has 0 aliphatic heterocycles. The minimum atomic E-state index is -0.490. The minimum absolute atomic E-state index is 0.490. The van der Waals surface area contributed by atoms with E-state index in [4.69, 9.17) is 0 Å². The molecule has 2 aromatic rings. The van der Waals surface area contributed by atoms with E-state index in [-0.39, 0.29) is 0 Å². The lowest BCUT2D eigenvalue weighted by atomic mass is 10.0. The average molecular weight is 171 g/mol. The van der Waals surface area contributed by atoms with Crippen LogP contribution in [0.3, 0.4) is 0 Å². The van der Waals surface area contributed by atoms with Gasteiger partial charge in [0.2, 0.25) is 0 Å². The van der Waals surface area contributed by atoms with Gasteiger partial charge in [-0.05, 0) is 5.56 Å². The molecule has 2 rings (SSSR count). The highest BCUT2D eigenvalue weighted by atomic mass is 16.3. The van der Waals surface area contributed by atoms with Gasteiger partial charge in [0.25, 0.3) is 0 Å². The summed E-state index contributed by atoms with van der Waals surface area (Å²) in [6.07, 6.45) is -0.490. The Labute approximate surface area is 77.6 Å². The second-order valence-corrected chi connectivity index (χ2v) is 3.03. The number of benzene rings is 1. The first-order valence-electron chi connectivity index (χ1n) is 4.32. The highest BCUT2D eigenvalue weighted by Gasteiger charge is 2.03. The molecular weight excluding hydrogens is 160 g/mol. The third-order valence-corrected chi connectivity index (χ3v) is 2.12. The van der Waals surface area contributed by atoms with Crippen LogP contribution in [0.1, 0.15) is 17.2 Å². The number of hydrogen-bond donors (Lipinski definition) is 1. The fourth-order valence-electron chi connectivity index (χ4n) is 1.40. The summed E-state index contributed by atoms with van der Waals surface area (Å²) in [7, 11) is 0. The Morgan fingerprint density at radius 1 is 0.923 bits per heavy atom. The Kier molecular flexibility index (Phi) is 2.19. The third kappa shape index (κ3) is 1.65. The predicted molar refractivity (Wildman–Crippen MR) is 52.5 cm³/mol. The van der Waals surface area contributed by atoms with Crippen LogP contribution in [0.15, 0.2) is 54.6 Å². The van der Waals surface area contributed by atoms with Gasteiger partial charge in [-0.3, -0.25) is 0 Å². The van der Waals surface area contributed by atoms with Crippen molar-refractivity contribution in [2.24, 2.45) is 0 Å². The SMILES string of the molecule is O[C@H](c1ccccc1)[c-]1cccc1. The quantitative estimate of drug-likeness (QED) is 0.688. The van der Waals surface area contributed by atoms with Gasteiger partial charge in [-0.25, -0.2) is 12.1 Å². The van der Waals surface area contributed by atoms with Crippen molar-refractivity contribution in [2.45, 2.75) is 6.10 Å². The maximum Gasteiger partial charge on any atom is 0.0602 e. The summed E-state index contributed by atoms with van der Waals surface area (Å²) < 4.78 is 0. The van der Waals surface area contributed by atoms with E-state index in [1.807, 2.05) is 54.6 Å². The van der Waals surface area contributed by atoms with Crippen LogP contribution in [0.5, 0.6) is 0 Å². The van der Waals surface area contributed by atoms with Crippen LogP contribution in [0.4, 0.5) is 0 Å². The largest absolute Gasteiger partial charge is 0.396 e. The molecule has 0 amide bonds. The van der Waals surface area contributed by atoms with Crippen molar-refractivity contribution in [3.63, 3.8) is 0 Å². The molecule has 1 atom stereocenters. The minimum Gasteiger partial charge on any atom is -0.396 e. The summed E-state index contributed by atoms with van der Waals surface area (Å²) in [4.78, 5) is 0. The zero-order valence-electron chi connectivity index (χ0n) is 7.22. The van der Waals surface area contributed by atoms with Crippen molar-refractivity contribution >= 4 is 0 Å². The fourth-order valence-corrected chi connectivity index (χ4v) is 1.40. The van der Waals surface area contributed by atoms with Crippen molar-refractivity contribution in [3.05, 3.63) is 65.7 Å². The van der Waals surface area contributed by atoms with Gasteiger partial charge in [-0.2, -0.15) is 12.1 Å². The summed E-state index contributed by atoms with van der Waals surface area (Å²) in [5.41, 5.74) is 1.89. The number of aliphatic hydroxyl groups excluding tert-OH is 1. The Hall–Kier alpha value is -1.47. The first-order chi connectivity index (χ1) is 6.38. The van der Waals surface area contributed by atoms with Crippen molar-refractivity contribution in [1.29, 1.82) is 0 Å². The second-order valence-electron chi connectivity index (χ2n) is 3.03. The van der Waals surface area contributed by atoms with Gasteiger partial charge in [-0.1, -0.05) is 30.3 Å². The van der Waals surface area contributed by atoms with Gasteiger partial charge in [-0.15, -0.1) is 5.56 Å². The van der Waals surface area contributed by atoms with Crippen LogP contribution in [-0.2, 0) is 0 Å². The Balaban J connectivity index is 2.29. The van der Waals surface area contributed by atoms with E-state index in [1.54, 1.807) is 0 Å². The van der Waals surface area contributed by atoms with E-state index in [2.05, 4.69) is 0 Å². The summed E-state index contributed by atoms with van der Waals surface area (Å²) in [6.45, 7) is 0. The Morgan fingerprint density at radius 3 is 2.15 bits per heavy atom. The standard InChI is InChI=1S/C12H11O/c13-12(11-8-4-5-9-11)10-6-2-1-3-7-10/h1-9,12-13H/q-1/t12-/m1/s1. The van der Waals surface area contributed by atoms with Crippen LogP contribution in [0.2, 0.25) is 0 Å². The van der Waals surface area contributed by atoms with Crippen molar-refractivity contribution < 1.29 is 5.11 Å². The molecule has 13 heavy (non-hydrogen) atoms. The molecule has 0 saturated carbocycles. The van der Waals surface area contributed by atoms with Gasteiger partial charge in [0, 0.05) is 0 Å². The number of rotatable bonds is 2. The molecule has 0 aliphatic carbocycles. The molecule has 66 valence electrons. The number of hydrogen-bond acceptors (Lipinski definition) is 1. The lowest BCUT2D eigenvalue weighted by molar-refractivity contribution is 0.220. The maximum absolute atomic E-state index is 9.88.